The zero-order chi connectivity index (χ0) is 17.0. The first-order valence-electron chi connectivity index (χ1n) is 5.57. The summed E-state index contributed by atoms with van der Waals surface area (Å²) in [4.78, 5) is 43.1. The van der Waals surface area contributed by atoms with Crippen LogP contribution in [0.5, 0.6) is 0 Å². The molecule has 0 aromatic heterocycles. The third-order valence-corrected chi connectivity index (χ3v) is 0. The molecule has 0 heterocycles. The fraction of sp³-hybridized carbons (Fsp3) is 1.00. The van der Waals surface area contributed by atoms with Gasteiger partial charge in [-0.3, -0.25) is 0 Å². The van der Waals surface area contributed by atoms with Crippen LogP contribution in [0.1, 0.15) is 55.4 Å². The Labute approximate surface area is 110 Å². The Morgan fingerprint density at radius 1 is 0.444 bits per heavy atom. The number of phosphoric acid groups is 2. The third-order valence-electron chi connectivity index (χ3n) is 0. The van der Waals surface area contributed by atoms with Crippen molar-refractivity contribution in [2.45, 2.75) is 55.4 Å². The van der Waals surface area contributed by atoms with Crippen LogP contribution in [0.25, 0.3) is 0 Å². The molecule has 0 atom stereocenters. The maximum Gasteiger partial charge on any atom is 0.466 e. The smallest absolute Gasteiger partial charge is 0.303 e. The predicted molar refractivity (Wildman–Crippen MR) is 73.9 cm³/mol. The van der Waals surface area contributed by atoms with Crippen molar-refractivity contribution in [3.8, 4) is 0 Å². The Balaban J connectivity index is -0.0000000260. The Hall–Kier alpha value is 0.220. The monoisotopic (exact) mass is 316 g/mol. The zero-order valence-electron chi connectivity index (χ0n) is 12.4. The third kappa shape index (κ3) is 77600. The second kappa shape index (κ2) is 30.3. The predicted octanol–water partition coefficient (Wildman–Crippen LogP) is 2.25. The Morgan fingerprint density at radius 3 is 0.444 bits per heavy atom. The van der Waals surface area contributed by atoms with E-state index in [1.165, 1.54) is 0 Å². The molecule has 0 aromatic rings. The van der Waals surface area contributed by atoms with Gasteiger partial charge in [0.15, 0.2) is 0 Å². The van der Waals surface area contributed by atoms with Crippen LogP contribution in [0, 0.1) is 0 Å². The van der Waals surface area contributed by atoms with E-state index in [0.717, 1.165) is 0 Å². The summed E-state index contributed by atoms with van der Waals surface area (Å²) >= 11 is 0. The molecule has 0 fully saturated rings. The van der Waals surface area contributed by atoms with E-state index < -0.39 is 15.6 Å². The van der Waals surface area contributed by atoms with E-state index in [1.54, 1.807) is 0 Å². The Morgan fingerprint density at radius 2 is 0.444 bits per heavy atom. The number of hydrogen-bond donors (Lipinski definition) is 6. The van der Waals surface area contributed by atoms with Gasteiger partial charge in [0.2, 0.25) is 0 Å². The molecule has 0 spiro atoms. The van der Waals surface area contributed by atoms with Gasteiger partial charge in [0.25, 0.3) is 0 Å². The van der Waals surface area contributed by atoms with Gasteiger partial charge in [-0.1, -0.05) is 55.4 Å². The van der Waals surface area contributed by atoms with Crippen molar-refractivity contribution in [3.63, 3.8) is 0 Å². The largest absolute Gasteiger partial charge is 0.466 e. The van der Waals surface area contributed by atoms with Gasteiger partial charge in [0.1, 0.15) is 0 Å². The van der Waals surface area contributed by atoms with Crippen LogP contribution in [0.2, 0.25) is 0 Å². The quantitative estimate of drug-likeness (QED) is 0.372. The molecule has 120 valence electrons. The molecule has 8 nitrogen and oxygen atoms in total. The van der Waals surface area contributed by atoms with Crippen LogP contribution in [0.15, 0.2) is 0 Å². The van der Waals surface area contributed by atoms with Crippen molar-refractivity contribution < 1.29 is 38.5 Å². The van der Waals surface area contributed by atoms with E-state index in [4.69, 9.17) is 38.5 Å². The first-order valence-corrected chi connectivity index (χ1v) is 8.70. The molecule has 0 saturated heterocycles. The lowest BCUT2D eigenvalue weighted by Gasteiger charge is -1.82. The van der Waals surface area contributed by atoms with E-state index in [2.05, 4.69) is 0 Å². The van der Waals surface area contributed by atoms with E-state index in [0.29, 0.717) is 0 Å². The van der Waals surface area contributed by atoms with E-state index in [-0.39, 0.29) is 0 Å². The molecule has 0 amide bonds. The van der Waals surface area contributed by atoms with Gasteiger partial charge in [0, 0.05) is 0 Å². The topological polar surface area (TPSA) is 156 Å². The molecule has 6 N–H and O–H groups in total. The maximum absolute atomic E-state index is 8.88. The van der Waals surface area contributed by atoms with Crippen LogP contribution >= 0.6 is 15.6 Å². The minimum Gasteiger partial charge on any atom is -0.303 e. The highest BCUT2D eigenvalue weighted by molar-refractivity contribution is 7.45. The van der Waals surface area contributed by atoms with Gasteiger partial charge in [0.05, 0.1) is 0 Å². The summed E-state index contributed by atoms with van der Waals surface area (Å²) < 4.78 is 17.8. The van der Waals surface area contributed by atoms with Gasteiger partial charge < -0.3 is 29.4 Å². The first kappa shape index (κ1) is 36.2. The Bertz CT molecular complexity index is 137. The summed E-state index contributed by atoms with van der Waals surface area (Å²) in [6.07, 6.45) is 0. The summed E-state index contributed by atoms with van der Waals surface area (Å²) in [5.74, 6) is 0. The summed E-state index contributed by atoms with van der Waals surface area (Å²) in [5, 5.41) is 0. The SMILES string of the molecule is CC.CC.CC.CC.O=P(O)(O)O.O=P(O)(O)O. The standard InChI is InChI=1S/4C2H6.2H3O4P/c4*1-2;2*1-5(2,3)4/h4*1-2H3;2*(H3,1,2,3,4). The molecule has 0 radical (unpaired) electrons. The van der Waals surface area contributed by atoms with Crippen molar-refractivity contribution in [2.24, 2.45) is 0 Å². The first-order chi connectivity index (χ1) is 8.00. The fourth-order valence-electron chi connectivity index (χ4n) is 0. The maximum atomic E-state index is 8.88. The van der Waals surface area contributed by atoms with Gasteiger partial charge in [-0.05, 0) is 0 Å². The molecular weight excluding hydrogens is 286 g/mol. The second-order valence-electron chi connectivity index (χ2n) is 1.03. The number of rotatable bonds is 0. The minimum absolute atomic E-state index is 2.00. The molecule has 18 heavy (non-hydrogen) atoms. The molecular formula is C8H30O8P2. The van der Waals surface area contributed by atoms with Crippen LogP contribution in [-0.4, -0.2) is 29.4 Å². The summed E-state index contributed by atoms with van der Waals surface area (Å²) in [6.45, 7) is 16.0. The molecule has 0 saturated carbocycles. The van der Waals surface area contributed by atoms with Crippen molar-refractivity contribution in [1.82, 2.24) is 0 Å². The van der Waals surface area contributed by atoms with Gasteiger partial charge in [-0.15, -0.1) is 0 Å². The number of hydrogen-bond acceptors (Lipinski definition) is 2. The summed E-state index contributed by atoms with van der Waals surface area (Å²) in [6, 6.07) is 0. The normalized spacial score (nSPS) is 7.89. The molecule has 10 heteroatoms. The lowest BCUT2D eigenvalue weighted by molar-refractivity contribution is 0.272. The van der Waals surface area contributed by atoms with E-state index in [9.17, 15) is 0 Å². The molecule has 0 aromatic carbocycles. The van der Waals surface area contributed by atoms with Gasteiger partial charge in [-0.25, -0.2) is 9.13 Å². The molecule has 0 unspecified atom stereocenters. The molecule has 0 aliphatic heterocycles. The van der Waals surface area contributed by atoms with Crippen molar-refractivity contribution in [3.05, 3.63) is 0 Å². The highest BCUT2D eigenvalue weighted by atomic mass is 31.2. The van der Waals surface area contributed by atoms with Crippen molar-refractivity contribution >= 4 is 15.6 Å². The lowest BCUT2D eigenvalue weighted by atomic mass is 11.0. The highest BCUT2D eigenvalue weighted by Crippen LogP contribution is 2.26. The van der Waals surface area contributed by atoms with Crippen molar-refractivity contribution in [1.29, 1.82) is 0 Å². The summed E-state index contributed by atoms with van der Waals surface area (Å²) in [5.41, 5.74) is 0. The average Bonchev–Trinajstić information content (AvgIpc) is 2.24. The van der Waals surface area contributed by atoms with Crippen LogP contribution in [0.3, 0.4) is 0 Å². The molecule has 0 bridgehead atoms. The average molecular weight is 316 g/mol. The lowest BCUT2D eigenvalue weighted by Crippen LogP contribution is -1.66. The molecule has 0 rings (SSSR count). The Kier molecular flexibility index (Phi) is 61.0. The minimum atomic E-state index is -4.64. The summed E-state index contributed by atoms with van der Waals surface area (Å²) in [7, 11) is -9.28. The van der Waals surface area contributed by atoms with Gasteiger partial charge in [-0.2, -0.15) is 0 Å². The van der Waals surface area contributed by atoms with Crippen LogP contribution < -0.4 is 0 Å². The van der Waals surface area contributed by atoms with Crippen molar-refractivity contribution in [2.75, 3.05) is 0 Å². The zero-order valence-corrected chi connectivity index (χ0v) is 14.2. The van der Waals surface area contributed by atoms with E-state index >= 15 is 0 Å². The van der Waals surface area contributed by atoms with Crippen LogP contribution in [0.4, 0.5) is 0 Å². The van der Waals surface area contributed by atoms with Crippen LogP contribution in [-0.2, 0) is 9.13 Å². The van der Waals surface area contributed by atoms with Gasteiger partial charge >= 0.3 is 15.6 Å². The molecule has 0 aliphatic carbocycles. The molecule has 0 aliphatic rings. The fourth-order valence-corrected chi connectivity index (χ4v) is 0. The highest BCUT2D eigenvalue weighted by Gasteiger charge is 2.00. The van der Waals surface area contributed by atoms with E-state index in [1.807, 2.05) is 55.4 Å². The second-order valence-corrected chi connectivity index (χ2v) is 3.08.